The Morgan fingerprint density at radius 3 is 2.07 bits per heavy atom. The number of hydrogen-bond donors (Lipinski definition) is 0. The van der Waals surface area contributed by atoms with Crippen LogP contribution < -0.4 is 0 Å². The SMILES string of the molecule is CCC1(C#N)CCN(C(C)(C)C)CC1. The predicted octanol–water partition coefficient (Wildman–Crippen LogP) is 2.80. The molecular formula is C12H22N2. The van der Waals surface area contributed by atoms with Crippen molar-refractivity contribution in [2.45, 2.75) is 52.5 Å². The first-order chi connectivity index (χ1) is 6.43. The summed E-state index contributed by atoms with van der Waals surface area (Å²) < 4.78 is 0. The molecule has 0 aromatic heterocycles. The third kappa shape index (κ3) is 2.27. The number of nitriles is 1. The van der Waals surface area contributed by atoms with Gasteiger partial charge in [-0.25, -0.2) is 0 Å². The van der Waals surface area contributed by atoms with Crippen molar-refractivity contribution in [3.63, 3.8) is 0 Å². The van der Waals surface area contributed by atoms with Crippen molar-refractivity contribution in [1.82, 2.24) is 4.90 Å². The van der Waals surface area contributed by atoms with E-state index in [1.165, 1.54) is 0 Å². The average Bonchev–Trinajstić information content (AvgIpc) is 2.16. The van der Waals surface area contributed by atoms with Crippen LogP contribution >= 0.6 is 0 Å². The normalized spacial score (nSPS) is 23.1. The zero-order chi connectivity index (χ0) is 10.8. The molecule has 0 amide bonds. The van der Waals surface area contributed by atoms with Crippen molar-refractivity contribution in [2.24, 2.45) is 5.41 Å². The molecule has 0 saturated carbocycles. The van der Waals surface area contributed by atoms with E-state index in [9.17, 15) is 0 Å². The molecule has 1 aliphatic heterocycles. The zero-order valence-electron chi connectivity index (χ0n) is 9.93. The average molecular weight is 194 g/mol. The molecule has 0 spiro atoms. The van der Waals surface area contributed by atoms with Crippen LogP contribution in [0.3, 0.4) is 0 Å². The van der Waals surface area contributed by atoms with Gasteiger partial charge in [-0.3, -0.25) is 4.90 Å². The minimum Gasteiger partial charge on any atom is -0.298 e. The molecule has 2 heteroatoms. The Labute approximate surface area is 87.9 Å². The van der Waals surface area contributed by atoms with Crippen molar-refractivity contribution < 1.29 is 0 Å². The quantitative estimate of drug-likeness (QED) is 0.642. The predicted molar refractivity (Wildman–Crippen MR) is 58.9 cm³/mol. The molecule has 14 heavy (non-hydrogen) atoms. The number of piperidine rings is 1. The van der Waals surface area contributed by atoms with Gasteiger partial charge in [0.05, 0.1) is 11.5 Å². The van der Waals surface area contributed by atoms with E-state index in [2.05, 4.69) is 38.7 Å². The summed E-state index contributed by atoms with van der Waals surface area (Å²) in [4.78, 5) is 2.48. The molecule has 1 aliphatic rings. The molecule has 0 aromatic carbocycles. The van der Waals surface area contributed by atoms with Gasteiger partial charge >= 0.3 is 0 Å². The molecular weight excluding hydrogens is 172 g/mol. The number of likely N-dealkylation sites (tertiary alicyclic amines) is 1. The molecule has 0 N–H and O–H groups in total. The molecule has 0 unspecified atom stereocenters. The highest BCUT2D eigenvalue weighted by Crippen LogP contribution is 2.35. The molecule has 0 aliphatic carbocycles. The number of nitrogens with zero attached hydrogens (tertiary/aromatic N) is 2. The van der Waals surface area contributed by atoms with Crippen molar-refractivity contribution in [1.29, 1.82) is 5.26 Å². The monoisotopic (exact) mass is 194 g/mol. The molecule has 0 aromatic rings. The van der Waals surface area contributed by atoms with E-state index in [-0.39, 0.29) is 11.0 Å². The Hall–Kier alpha value is -0.550. The lowest BCUT2D eigenvalue weighted by molar-refractivity contribution is 0.0645. The van der Waals surface area contributed by atoms with Crippen molar-refractivity contribution >= 4 is 0 Å². The van der Waals surface area contributed by atoms with E-state index in [4.69, 9.17) is 5.26 Å². The first kappa shape index (κ1) is 11.5. The highest BCUT2D eigenvalue weighted by atomic mass is 15.2. The molecule has 80 valence electrons. The second-order valence-corrected chi connectivity index (χ2v) is 5.40. The first-order valence-corrected chi connectivity index (χ1v) is 5.60. The van der Waals surface area contributed by atoms with E-state index in [0.717, 1.165) is 32.4 Å². The lowest BCUT2D eigenvalue weighted by Gasteiger charge is -2.43. The van der Waals surface area contributed by atoms with E-state index >= 15 is 0 Å². The molecule has 2 nitrogen and oxygen atoms in total. The summed E-state index contributed by atoms with van der Waals surface area (Å²) in [7, 11) is 0. The summed E-state index contributed by atoms with van der Waals surface area (Å²) in [6, 6.07) is 2.51. The molecule has 1 saturated heterocycles. The van der Waals surface area contributed by atoms with Gasteiger partial charge in [-0.2, -0.15) is 5.26 Å². The maximum atomic E-state index is 9.16. The standard InChI is InChI=1S/C12H22N2/c1-5-12(10-13)6-8-14(9-7-12)11(2,3)4/h5-9H2,1-4H3. The molecule has 0 radical (unpaired) electrons. The van der Waals surface area contributed by atoms with Gasteiger partial charge in [0.15, 0.2) is 0 Å². The van der Waals surface area contributed by atoms with Crippen molar-refractivity contribution in [3.05, 3.63) is 0 Å². The number of hydrogen-bond acceptors (Lipinski definition) is 2. The summed E-state index contributed by atoms with van der Waals surface area (Å²) in [5, 5.41) is 9.16. The first-order valence-electron chi connectivity index (χ1n) is 5.60. The van der Waals surface area contributed by atoms with Gasteiger partial charge in [-0.15, -0.1) is 0 Å². The fourth-order valence-electron chi connectivity index (χ4n) is 2.15. The number of rotatable bonds is 1. The Morgan fingerprint density at radius 1 is 1.29 bits per heavy atom. The second-order valence-electron chi connectivity index (χ2n) is 5.40. The minimum absolute atomic E-state index is 0.0260. The third-order valence-corrected chi connectivity index (χ3v) is 3.58. The third-order valence-electron chi connectivity index (χ3n) is 3.58. The maximum absolute atomic E-state index is 9.16. The fourth-order valence-corrected chi connectivity index (χ4v) is 2.15. The van der Waals surface area contributed by atoms with E-state index in [0.29, 0.717) is 0 Å². The minimum atomic E-state index is -0.0260. The summed E-state index contributed by atoms with van der Waals surface area (Å²) in [6.45, 7) is 11.0. The van der Waals surface area contributed by atoms with E-state index < -0.39 is 0 Å². The maximum Gasteiger partial charge on any atom is 0.0690 e. The van der Waals surface area contributed by atoms with Crippen LogP contribution in [0, 0.1) is 16.7 Å². The van der Waals surface area contributed by atoms with Crippen molar-refractivity contribution in [3.8, 4) is 6.07 Å². The van der Waals surface area contributed by atoms with Crippen LogP contribution in [0.2, 0.25) is 0 Å². The van der Waals surface area contributed by atoms with Crippen LogP contribution in [0.25, 0.3) is 0 Å². The van der Waals surface area contributed by atoms with Gasteiger partial charge in [-0.1, -0.05) is 6.92 Å². The van der Waals surface area contributed by atoms with Crippen LogP contribution in [0.15, 0.2) is 0 Å². The smallest absolute Gasteiger partial charge is 0.0690 e. The van der Waals surface area contributed by atoms with E-state index in [1.807, 2.05) is 0 Å². The summed E-state index contributed by atoms with van der Waals surface area (Å²) in [6.07, 6.45) is 3.08. The molecule has 0 atom stereocenters. The highest BCUT2D eigenvalue weighted by Gasteiger charge is 2.35. The van der Waals surface area contributed by atoms with Gasteiger partial charge < -0.3 is 0 Å². The second kappa shape index (κ2) is 3.90. The molecule has 1 rings (SSSR count). The van der Waals surface area contributed by atoms with Gasteiger partial charge in [0.25, 0.3) is 0 Å². The lowest BCUT2D eigenvalue weighted by atomic mass is 9.77. The Bertz CT molecular complexity index is 224. The molecule has 1 fully saturated rings. The Kier molecular flexibility index (Phi) is 3.21. The summed E-state index contributed by atoms with van der Waals surface area (Å²) in [5.74, 6) is 0. The van der Waals surface area contributed by atoms with Crippen LogP contribution in [-0.2, 0) is 0 Å². The van der Waals surface area contributed by atoms with Crippen LogP contribution in [0.1, 0.15) is 47.0 Å². The van der Waals surface area contributed by atoms with Crippen LogP contribution in [-0.4, -0.2) is 23.5 Å². The topological polar surface area (TPSA) is 27.0 Å². The van der Waals surface area contributed by atoms with Gasteiger partial charge in [0.1, 0.15) is 0 Å². The zero-order valence-corrected chi connectivity index (χ0v) is 9.93. The highest BCUT2D eigenvalue weighted by molar-refractivity contribution is 5.02. The Balaban J connectivity index is 2.59. The van der Waals surface area contributed by atoms with Gasteiger partial charge in [-0.05, 0) is 40.0 Å². The largest absolute Gasteiger partial charge is 0.298 e. The van der Waals surface area contributed by atoms with Crippen molar-refractivity contribution in [2.75, 3.05) is 13.1 Å². The van der Waals surface area contributed by atoms with Crippen LogP contribution in [0.5, 0.6) is 0 Å². The molecule has 0 bridgehead atoms. The van der Waals surface area contributed by atoms with Crippen LogP contribution in [0.4, 0.5) is 0 Å². The summed E-state index contributed by atoms with van der Waals surface area (Å²) >= 11 is 0. The summed E-state index contributed by atoms with van der Waals surface area (Å²) in [5.41, 5.74) is 0.233. The van der Waals surface area contributed by atoms with Gasteiger partial charge in [0.2, 0.25) is 0 Å². The Morgan fingerprint density at radius 2 is 1.79 bits per heavy atom. The fraction of sp³-hybridized carbons (Fsp3) is 0.917. The van der Waals surface area contributed by atoms with Gasteiger partial charge in [0, 0.05) is 18.6 Å². The lowest BCUT2D eigenvalue weighted by Crippen LogP contribution is -2.48. The van der Waals surface area contributed by atoms with E-state index in [1.54, 1.807) is 0 Å². The molecule has 1 heterocycles.